The highest BCUT2D eigenvalue weighted by Gasteiger charge is 2.19. The van der Waals surface area contributed by atoms with Crippen LogP contribution in [0.15, 0.2) is 24.3 Å². The lowest BCUT2D eigenvalue weighted by molar-refractivity contribution is -0.123. The molecule has 1 amide bonds. The topological polar surface area (TPSA) is 41.1 Å². The highest BCUT2D eigenvalue weighted by atomic mass is 35.5. The Labute approximate surface area is 127 Å². The maximum Gasteiger partial charge on any atom is 0.237 e. The summed E-state index contributed by atoms with van der Waals surface area (Å²) < 4.78 is 0. The molecule has 2 unspecified atom stereocenters. The second kappa shape index (κ2) is 8.28. The van der Waals surface area contributed by atoms with E-state index >= 15 is 0 Å². The van der Waals surface area contributed by atoms with E-state index in [0.29, 0.717) is 0 Å². The van der Waals surface area contributed by atoms with Gasteiger partial charge in [-0.15, -0.1) is 0 Å². The van der Waals surface area contributed by atoms with Crippen molar-refractivity contribution in [3.8, 4) is 0 Å². The van der Waals surface area contributed by atoms with E-state index in [0.717, 1.165) is 23.4 Å². The van der Waals surface area contributed by atoms with E-state index in [9.17, 15) is 4.79 Å². The summed E-state index contributed by atoms with van der Waals surface area (Å²) in [5.74, 6) is 0.0394. The lowest BCUT2D eigenvalue weighted by atomic mass is 10.1. The van der Waals surface area contributed by atoms with Gasteiger partial charge in [0.2, 0.25) is 5.91 Å². The second-order valence-electron chi connectivity index (χ2n) is 5.15. The molecule has 4 heteroatoms. The second-order valence-corrected chi connectivity index (χ2v) is 5.56. The Bertz CT molecular complexity index is 432. The van der Waals surface area contributed by atoms with Gasteiger partial charge in [0.25, 0.3) is 0 Å². The van der Waals surface area contributed by atoms with Crippen LogP contribution in [0.5, 0.6) is 0 Å². The monoisotopic (exact) mass is 296 g/mol. The first-order chi connectivity index (χ1) is 9.49. The average molecular weight is 297 g/mol. The van der Waals surface area contributed by atoms with Crippen molar-refractivity contribution in [1.82, 2.24) is 10.6 Å². The van der Waals surface area contributed by atoms with E-state index in [-0.39, 0.29) is 24.0 Å². The van der Waals surface area contributed by atoms with Crippen LogP contribution in [0.4, 0.5) is 0 Å². The minimum absolute atomic E-state index is 0.0335. The summed E-state index contributed by atoms with van der Waals surface area (Å²) in [6.45, 7) is 8.06. The van der Waals surface area contributed by atoms with Crippen molar-refractivity contribution >= 4 is 17.5 Å². The summed E-state index contributed by atoms with van der Waals surface area (Å²) in [5, 5.41) is 7.07. The van der Waals surface area contributed by atoms with Crippen molar-refractivity contribution in [1.29, 1.82) is 0 Å². The number of rotatable bonds is 7. The molecule has 0 aliphatic carbocycles. The third-order valence-electron chi connectivity index (χ3n) is 3.60. The minimum atomic E-state index is -0.248. The largest absolute Gasteiger partial charge is 0.352 e. The van der Waals surface area contributed by atoms with Crippen LogP contribution in [-0.2, 0) is 4.79 Å². The van der Waals surface area contributed by atoms with Crippen LogP contribution in [0.25, 0.3) is 0 Å². The fourth-order valence-corrected chi connectivity index (χ4v) is 2.49. The SMILES string of the molecule is CCC(CC)NC(=O)C(C)NC(C)c1ccccc1Cl. The molecule has 2 N–H and O–H groups in total. The lowest BCUT2D eigenvalue weighted by Gasteiger charge is -2.23. The molecule has 0 aliphatic heterocycles. The van der Waals surface area contributed by atoms with Gasteiger partial charge in [0.05, 0.1) is 6.04 Å². The van der Waals surface area contributed by atoms with Crippen molar-refractivity contribution in [3.05, 3.63) is 34.9 Å². The normalized spacial score (nSPS) is 14.1. The molecule has 20 heavy (non-hydrogen) atoms. The number of hydrogen-bond donors (Lipinski definition) is 2. The first kappa shape index (κ1) is 17.0. The van der Waals surface area contributed by atoms with Crippen molar-refractivity contribution in [3.63, 3.8) is 0 Å². The van der Waals surface area contributed by atoms with E-state index in [1.807, 2.05) is 38.1 Å². The summed E-state index contributed by atoms with van der Waals surface area (Å²) in [6.07, 6.45) is 1.91. The molecule has 2 atom stereocenters. The standard InChI is InChI=1S/C16H25ClN2O/c1-5-13(6-2)19-16(20)12(4)18-11(3)14-9-7-8-10-15(14)17/h7-13,18H,5-6H2,1-4H3,(H,19,20). The Balaban J connectivity index is 2.59. The first-order valence-corrected chi connectivity index (χ1v) is 7.68. The number of hydrogen-bond acceptors (Lipinski definition) is 2. The molecule has 0 aromatic heterocycles. The Kier molecular flexibility index (Phi) is 7.03. The summed E-state index contributed by atoms with van der Waals surface area (Å²) in [6, 6.07) is 7.74. The van der Waals surface area contributed by atoms with Gasteiger partial charge in [-0.05, 0) is 38.3 Å². The maximum absolute atomic E-state index is 12.1. The van der Waals surface area contributed by atoms with Gasteiger partial charge in [-0.1, -0.05) is 43.6 Å². The molecule has 1 rings (SSSR count). The molecule has 3 nitrogen and oxygen atoms in total. The number of carbonyl (C=O) groups is 1. The Hall–Kier alpha value is -1.06. The highest BCUT2D eigenvalue weighted by Crippen LogP contribution is 2.22. The number of carbonyl (C=O) groups excluding carboxylic acids is 1. The lowest BCUT2D eigenvalue weighted by Crippen LogP contribution is -2.46. The molecule has 0 saturated carbocycles. The number of halogens is 1. The van der Waals surface area contributed by atoms with Crippen LogP contribution in [0, 0.1) is 0 Å². The van der Waals surface area contributed by atoms with Gasteiger partial charge in [-0.25, -0.2) is 0 Å². The fraction of sp³-hybridized carbons (Fsp3) is 0.562. The summed E-state index contributed by atoms with van der Waals surface area (Å²) in [4.78, 5) is 12.1. The smallest absolute Gasteiger partial charge is 0.237 e. The van der Waals surface area contributed by atoms with Gasteiger partial charge in [-0.2, -0.15) is 0 Å². The molecule has 0 spiro atoms. The molecule has 0 heterocycles. The quantitative estimate of drug-likeness (QED) is 0.806. The summed E-state index contributed by atoms with van der Waals surface area (Å²) >= 11 is 6.17. The molecule has 112 valence electrons. The van der Waals surface area contributed by atoms with Crippen LogP contribution in [0.2, 0.25) is 5.02 Å². The van der Waals surface area contributed by atoms with E-state index in [1.165, 1.54) is 0 Å². The van der Waals surface area contributed by atoms with Crippen molar-refractivity contribution < 1.29 is 4.79 Å². The fourth-order valence-electron chi connectivity index (χ4n) is 2.19. The van der Waals surface area contributed by atoms with E-state index in [1.54, 1.807) is 0 Å². The van der Waals surface area contributed by atoms with Crippen LogP contribution >= 0.6 is 11.6 Å². The molecule has 0 aliphatic rings. The number of nitrogens with one attached hydrogen (secondary N) is 2. The molecular weight excluding hydrogens is 272 g/mol. The molecule has 0 fully saturated rings. The summed E-state index contributed by atoms with van der Waals surface area (Å²) in [5.41, 5.74) is 1.01. The third-order valence-corrected chi connectivity index (χ3v) is 3.94. The van der Waals surface area contributed by atoms with Crippen LogP contribution in [0.3, 0.4) is 0 Å². The molecular formula is C16H25ClN2O. The Morgan fingerprint density at radius 2 is 1.80 bits per heavy atom. The van der Waals surface area contributed by atoms with Gasteiger partial charge < -0.3 is 5.32 Å². The number of amides is 1. The van der Waals surface area contributed by atoms with Gasteiger partial charge >= 0.3 is 0 Å². The van der Waals surface area contributed by atoms with Crippen molar-refractivity contribution in [2.24, 2.45) is 0 Å². The zero-order chi connectivity index (χ0) is 15.1. The van der Waals surface area contributed by atoms with Crippen LogP contribution in [-0.4, -0.2) is 18.0 Å². The van der Waals surface area contributed by atoms with Gasteiger partial charge in [0.15, 0.2) is 0 Å². The average Bonchev–Trinajstić information content (AvgIpc) is 2.44. The molecule has 0 radical (unpaired) electrons. The Morgan fingerprint density at radius 1 is 1.20 bits per heavy atom. The first-order valence-electron chi connectivity index (χ1n) is 7.30. The van der Waals surface area contributed by atoms with Gasteiger partial charge in [0.1, 0.15) is 0 Å². The Morgan fingerprint density at radius 3 is 2.35 bits per heavy atom. The predicted molar refractivity (Wildman–Crippen MR) is 85.0 cm³/mol. The highest BCUT2D eigenvalue weighted by molar-refractivity contribution is 6.31. The zero-order valence-corrected chi connectivity index (χ0v) is 13.5. The molecule has 0 saturated heterocycles. The predicted octanol–water partition coefficient (Wildman–Crippen LogP) is 3.68. The minimum Gasteiger partial charge on any atom is -0.352 e. The number of benzene rings is 1. The molecule has 1 aromatic rings. The van der Waals surface area contributed by atoms with E-state index in [2.05, 4.69) is 24.5 Å². The van der Waals surface area contributed by atoms with Gasteiger partial charge in [-0.3, -0.25) is 10.1 Å². The summed E-state index contributed by atoms with van der Waals surface area (Å²) in [7, 11) is 0. The zero-order valence-electron chi connectivity index (χ0n) is 12.7. The van der Waals surface area contributed by atoms with Crippen LogP contribution < -0.4 is 10.6 Å². The molecule has 1 aromatic carbocycles. The van der Waals surface area contributed by atoms with Gasteiger partial charge in [0, 0.05) is 17.1 Å². The van der Waals surface area contributed by atoms with Crippen molar-refractivity contribution in [2.75, 3.05) is 0 Å². The van der Waals surface area contributed by atoms with E-state index < -0.39 is 0 Å². The van der Waals surface area contributed by atoms with Crippen molar-refractivity contribution in [2.45, 2.75) is 58.7 Å². The third kappa shape index (κ3) is 4.80. The molecule has 0 bridgehead atoms. The maximum atomic E-state index is 12.1. The van der Waals surface area contributed by atoms with Crippen LogP contribution in [0.1, 0.15) is 52.1 Å². The van der Waals surface area contributed by atoms with E-state index in [4.69, 9.17) is 11.6 Å².